The first-order valence-electron chi connectivity index (χ1n) is 8.33. The Morgan fingerprint density at radius 3 is 2.54 bits per heavy atom. The lowest BCUT2D eigenvalue weighted by molar-refractivity contribution is -0.138. The molecule has 1 amide bonds. The molecule has 2 N–H and O–H groups in total. The van der Waals surface area contributed by atoms with Crippen LogP contribution in [0.3, 0.4) is 0 Å². The number of hydrogen-bond acceptors (Lipinski definition) is 4. The summed E-state index contributed by atoms with van der Waals surface area (Å²) in [5.74, 6) is -1.12. The number of aromatic nitrogens is 3. The van der Waals surface area contributed by atoms with Gasteiger partial charge < -0.3 is 10.4 Å². The number of rotatable bonds is 6. The van der Waals surface area contributed by atoms with E-state index in [1.165, 1.54) is 17.8 Å². The molecule has 7 nitrogen and oxygen atoms in total. The largest absolute Gasteiger partial charge is 0.480 e. The van der Waals surface area contributed by atoms with E-state index in [4.69, 9.17) is 0 Å². The molecule has 138 valence electrons. The van der Waals surface area contributed by atoms with Crippen LogP contribution >= 0.6 is 0 Å². The van der Waals surface area contributed by atoms with Gasteiger partial charge in [-0.05, 0) is 17.9 Å². The summed E-state index contributed by atoms with van der Waals surface area (Å²) in [4.78, 5) is 27.4. The van der Waals surface area contributed by atoms with Crippen molar-refractivity contribution in [2.24, 2.45) is 5.41 Å². The molecule has 1 aromatic carbocycles. The molecule has 1 atom stereocenters. The zero-order valence-electron chi connectivity index (χ0n) is 14.9. The summed E-state index contributed by atoms with van der Waals surface area (Å²) in [6.45, 7) is 3.57. The maximum Gasteiger partial charge on any atom is 0.325 e. The Morgan fingerprint density at radius 1 is 1.35 bits per heavy atom. The van der Waals surface area contributed by atoms with Crippen LogP contribution in [0, 0.1) is 11.2 Å². The predicted molar refractivity (Wildman–Crippen MR) is 91.0 cm³/mol. The van der Waals surface area contributed by atoms with Crippen molar-refractivity contribution in [3.63, 3.8) is 0 Å². The van der Waals surface area contributed by atoms with Crippen LogP contribution in [0.25, 0.3) is 0 Å². The normalized spacial score (nSPS) is 20.6. The number of amides is 1. The monoisotopic (exact) mass is 360 g/mol. The highest BCUT2D eigenvalue weighted by Crippen LogP contribution is 2.67. The summed E-state index contributed by atoms with van der Waals surface area (Å²) in [5, 5.41) is 15.9. The van der Waals surface area contributed by atoms with Crippen molar-refractivity contribution >= 4 is 11.9 Å². The zero-order valence-corrected chi connectivity index (χ0v) is 14.9. The molecule has 1 heterocycles. The van der Waals surface area contributed by atoms with Crippen molar-refractivity contribution in [2.75, 3.05) is 7.05 Å². The number of carbonyl (C=O) groups is 2. The van der Waals surface area contributed by atoms with Gasteiger partial charge in [0.05, 0.1) is 11.8 Å². The molecule has 1 aromatic heterocycles. The molecular weight excluding hydrogens is 339 g/mol. The summed E-state index contributed by atoms with van der Waals surface area (Å²) < 4.78 is 15.9. The van der Waals surface area contributed by atoms with E-state index in [-0.39, 0.29) is 29.4 Å². The summed E-state index contributed by atoms with van der Waals surface area (Å²) in [5.41, 5.74) is -0.625. The van der Waals surface area contributed by atoms with Crippen molar-refractivity contribution in [3.05, 3.63) is 47.3 Å². The lowest BCUT2D eigenvalue weighted by atomic mass is 9.86. The first-order chi connectivity index (χ1) is 12.2. The van der Waals surface area contributed by atoms with Crippen LogP contribution in [0.15, 0.2) is 24.3 Å². The van der Waals surface area contributed by atoms with Crippen LogP contribution in [0.4, 0.5) is 4.39 Å². The van der Waals surface area contributed by atoms with Crippen molar-refractivity contribution in [3.8, 4) is 0 Å². The van der Waals surface area contributed by atoms with E-state index in [0.717, 1.165) is 0 Å². The minimum Gasteiger partial charge on any atom is -0.480 e. The van der Waals surface area contributed by atoms with Gasteiger partial charge >= 0.3 is 5.97 Å². The quantitative estimate of drug-likeness (QED) is 0.814. The Hall–Kier alpha value is -2.77. The van der Waals surface area contributed by atoms with Gasteiger partial charge in [0, 0.05) is 12.6 Å². The smallest absolute Gasteiger partial charge is 0.325 e. The third-order valence-corrected chi connectivity index (χ3v) is 5.05. The Labute approximate surface area is 150 Å². The molecule has 26 heavy (non-hydrogen) atoms. The molecule has 0 bridgehead atoms. The predicted octanol–water partition coefficient (Wildman–Crippen LogP) is 1.51. The van der Waals surface area contributed by atoms with Crippen LogP contribution in [-0.4, -0.2) is 38.8 Å². The van der Waals surface area contributed by atoms with Gasteiger partial charge in [0.15, 0.2) is 5.82 Å². The number of aliphatic carboxylic acids is 1. The zero-order chi connectivity index (χ0) is 19.1. The molecule has 3 rings (SSSR count). The SMILES string of the molecule is CNC(=O)Cc1nc(C2(c3ccccc3F)CC2(C)C)n(CC(=O)O)n1. The van der Waals surface area contributed by atoms with Crippen LogP contribution in [0.1, 0.15) is 37.5 Å². The highest BCUT2D eigenvalue weighted by Gasteiger charge is 2.66. The number of halogens is 1. The van der Waals surface area contributed by atoms with E-state index >= 15 is 0 Å². The second-order valence-corrected chi connectivity index (χ2v) is 7.20. The Balaban J connectivity index is 2.14. The maximum absolute atomic E-state index is 14.6. The molecule has 1 aliphatic carbocycles. The molecular formula is C18H21FN4O3. The summed E-state index contributed by atoms with van der Waals surface area (Å²) in [6, 6.07) is 6.44. The van der Waals surface area contributed by atoms with E-state index in [2.05, 4.69) is 15.4 Å². The number of nitrogens with zero attached hydrogens (tertiary/aromatic N) is 3. The molecule has 0 saturated heterocycles. The lowest BCUT2D eigenvalue weighted by Gasteiger charge is -2.21. The van der Waals surface area contributed by atoms with E-state index < -0.39 is 17.9 Å². The van der Waals surface area contributed by atoms with Gasteiger partial charge in [0.2, 0.25) is 5.91 Å². The number of carboxylic acid groups (broad SMARTS) is 1. The van der Waals surface area contributed by atoms with Crippen molar-refractivity contribution < 1.29 is 19.1 Å². The number of hydrogen-bond donors (Lipinski definition) is 2. The fraction of sp³-hybridized carbons (Fsp3) is 0.444. The summed E-state index contributed by atoms with van der Waals surface area (Å²) >= 11 is 0. The van der Waals surface area contributed by atoms with Crippen LogP contribution in [0.5, 0.6) is 0 Å². The number of nitrogens with one attached hydrogen (secondary N) is 1. The summed E-state index contributed by atoms with van der Waals surface area (Å²) in [7, 11) is 1.50. The molecule has 8 heteroatoms. The van der Waals surface area contributed by atoms with E-state index in [1.807, 2.05) is 13.8 Å². The molecule has 0 spiro atoms. The highest BCUT2D eigenvalue weighted by atomic mass is 19.1. The average molecular weight is 360 g/mol. The van der Waals surface area contributed by atoms with Crippen molar-refractivity contribution in [1.29, 1.82) is 0 Å². The first kappa shape index (κ1) is 18.0. The van der Waals surface area contributed by atoms with Crippen LogP contribution in [0.2, 0.25) is 0 Å². The third kappa shape index (κ3) is 2.85. The van der Waals surface area contributed by atoms with Crippen molar-refractivity contribution in [2.45, 2.75) is 38.6 Å². The Morgan fingerprint density at radius 2 is 2.00 bits per heavy atom. The van der Waals surface area contributed by atoms with Crippen LogP contribution in [-0.2, 0) is 28.0 Å². The number of carboxylic acids is 1. The number of carbonyl (C=O) groups excluding carboxylic acids is 1. The van der Waals surface area contributed by atoms with Gasteiger partial charge in [0.1, 0.15) is 18.2 Å². The van der Waals surface area contributed by atoms with Gasteiger partial charge in [0.25, 0.3) is 0 Å². The maximum atomic E-state index is 14.6. The minimum atomic E-state index is -1.08. The Kier molecular flexibility index (Phi) is 4.29. The topological polar surface area (TPSA) is 97.1 Å². The second-order valence-electron chi connectivity index (χ2n) is 7.20. The molecule has 1 saturated carbocycles. The van der Waals surface area contributed by atoms with E-state index in [9.17, 15) is 19.1 Å². The first-order valence-corrected chi connectivity index (χ1v) is 8.33. The van der Waals surface area contributed by atoms with Gasteiger partial charge in [-0.1, -0.05) is 32.0 Å². The molecule has 1 aliphatic rings. The standard InChI is InChI=1S/C18H21FN4O3/c1-17(2)10-18(17,11-6-4-5-7-12(11)19)16-21-13(8-14(24)20-3)22-23(16)9-15(25)26/h4-7H,8-10H2,1-3H3,(H,20,24)(H,25,26). The van der Waals surface area contributed by atoms with E-state index in [0.29, 0.717) is 17.8 Å². The highest BCUT2D eigenvalue weighted by molar-refractivity contribution is 5.77. The number of likely N-dealkylation sites (N-methyl/N-ethyl adjacent to an activating group) is 1. The molecule has 1 fully saturated rings. The van der Waals surface area contributed by atoms with Crippen molar-refractivity contribution in [1.82, 2.24) is 20.1 Å². The minimum absolute atomic E-state index is 0.0656. The molecule has 0 radical (unpaired) electrons. The fourth-order valence-electron chi connectivity index (χ4n) is 3.64. The second kappa shape index (κ2) is 6.19. The van der Waals surface area contributed by atoms with Crippen LogP contribution < -0.4 is 5.32 Å². The van der Waals surface area contributed by atoms with Gasteiger partial charge in [-0.2, -0.15) is 5.10 Å². The fourth-order valence-corrected chi connectivity index (χ4v) is 3.64. The molecule has 2 aromatic rings. The van der Waals surface area contributed by atoms with Gasteiger partial charge in [-0.15, -0.1) is 0 Å². The lowest BCUT2D eigenvalue weighted by Crippen LogP contribution is -2.25. The van der Waals surface area contributed by atoms with Gasteiger partial charge in [-0.3, -0.25) is 9.59 Å². The summed E-state index contributed by atoms with van der Waals surface area (Å²) in [6.07, 6.45) is 0.544. The third-order valence-electron chi connectivity index (χ3n) is 5.05. The molecule has 0 aliphatic heterocycles. The molecule has 1 unspecified atom stereocenters. The number of benzene rings is 1. The van der Waals surface area contributed by atoms with E-state index in [1.54, 1.807) is 18.2 Å². The average Bonchev–Trinajstić information content (AvgIpc) is 2.93. The Bertz CT molecular complexity index is 877. The van der Waals surface area contributed by atoms with Gasteiger partial charge in [-0.25, -0.2) is 14.1 Å².